The smallest absolute Gasteiger partial charge is 0.185 e. The van der Waals surface area contributed by atoms with Crippen LogP contribution in [-0.4, -0.2) is 27.0 Å². The van der Waals surface area contributed by atoms with Crippen molar-refractivity contribution in [1.82, 2.24) is 19.9 Å². The molecule has 0 aliphatic heterocycles. The number of guanidine groups is 1. The lowest BCUT2D eigenvalue weighted by Gasteiger charge is -2.11. The summed E-state index contributed by atoms with van der Waals surface area (Å²) < 4.78 is 2.28. The Morgan fingerprint density at radius 3 is 2.73 bits per heavy atom. The van der Waals surface area contributed by atoms with Crippen LogP contribution >= 0.6 is 12.4 Å². The van der Waals surface area contributed by atoms with Crippen LogP contribution in [0.1, 0.15) is 32.0 Å². The zero-order chi connectivity index (χ0) is 17.8. The second kappa shape index (κ2) is 8.71. The first-order chi connectivity index (χ1) is 12.1. The Labute approximate surface area is 159 Å². The van der Waals surface area contributed by atoms with Crippen LogP contribution in [0.25, 0.3) is 21.9 Å². The number of nitrogens with one attached hydrogen (secondary N) is 2. The zero-order valence-electron chi connectivity index (χ0n) is 15.0. The minimum Gasteiger partial charge on any atom is -0.382 e. The van der Waals surface area contributed by atoms with Crippen LogP contribution in [0.2, 0.25) is 0 Å². The van der Waals surface area contributed by atoms with Crippen LogP contribution in [0.15, 0.2) is 24.3 Å². The van der Waals surface area contributed by atoms with E-state index in [9.17, 15) is 0 Å². The van der Waals surface area contributed by atoms with Gasteiger partial charge in [-0.15, -0.1) is 12.4 Å². The number of nitrogen functional groups attached to an aromatic ring is 1. The first kappa shape index (κ1) is 19.8. The molecule has 26 heavy (non-hydrogen) atoms. The van der Waals surface area contributed by atoms with E-state index in [-0.39, 0.29) is 18.4 Å². The van der Waals surface area contributed by atoms with Crippen molar-refractivity contribution in [3.8, 4) is 0 Å². The van der Waals surface area contributed by atoms with Gasteiger partial charge in [0.2, 0.25) is 0 Å². The van der Waals surface area contributed by atoms with Gasteiger partial charge in [-0.25, -0.2) is 9.97 Å². The standard InChI is InChI=1S/C18H25N7.ClH/c1-2-7-14-24-15-16(25(14)11-6-5-10-22-18(20)21)12-8-3-4-9-13(12)23-17(15)19;/h3-4,8-9H,2,5-7,10-11H2,1H3,(H2,19,23)(H4,20,21,22);1H. The minimum atomic E-state index is 0. The number of anilines is 1. The van der Waals surface area contributed by atoms with Gasteiger partial charge in [-0.3, -0.25) is 5.41 Å². The summed E-state index contributed by atoms with van der Waals surface area (Å²) in [5, 5.41) is 11.1. The SMILES string of the molecule is CCCc1nc2c(N)nc3ccccc3c2n1CCCCNC(=N)N.Cl. The number of nitrogens with two attached hydrogens (primary N) is 2. The van der Waals surface area contributed by atoms with Gasteiger partial charge in [-0.2, -0.15) is 0 Å². The maximum Gasteiger partial charge on any atom is 0.185 e. The molecule has 7 nitrogen and oxygen atoms in total. The number of hydrogen-bond donors (Lipinski definition) is 4. The van der Waals surface area contributed by atoms with Crippen molar-refractivity contribution < 1.29 is 0 Å². The Kier molecular flexibility index (Phi) is 6.63. The third kappa shape index (κ3) is 3.99. The predicted octanol–water partition coefficient (Wildman–Crippen LogP) is 2.80. The molecule has 2 aromatic heterocycles. The average Bonchev–Trinajstić information content (AvgIpc) is 2.94. The van der Waals surface area contributed by atoms with Crippen LogP contribution < -0.4 is 16.8 Å². The molecule has 0 atom stereocenters. The van der Waals surface area contributed by atoms with E-state index in [4.69, 9.17) is 21.9 Å². The number of fused-ring (bicyclic) bond motifs is 3. The maximum atomic E-state index is 7.21. The van der Waals surface area contributed by atoms with E-state index in [2.05, 4.69) is 27.9 Å². The van der Waals surface area contributed by atoms with E-state index in [0.29, 0.717) is 12.4 Å². The van der Waals surface area contributed by atoms with E-state index >= 15 is 0 Å². The number of hydrogen-bond acceptors (Lipinski definition) is 4. The molecule has 0 saturated heterocycles. The van der Waals surface area contributed by atoms with Crippen LogP contribution in [0, 0.1) is 5.41 Å². The van der Waals surface area contributed by atoms with Crippen molar-refractivity contribution in [2.45, 2.75) is 39.2 Å². The summed E-state index contributed by atoms with van der Waals surface area (Å²) in [5.74, 6) is 1.56. The highest BCUT2D eigenvalue weighted by Gasteiger charge is 2.16. The van der Waals surface area contributed by atoms with Crippen molar-refractivity contribution in [2.75, 3.05) is 12.3 Å². The molecule has 0 aliphatic carbocycles. The van der Waals surface area contributed by atoms with Crippen molar-refractivity contribution in [2.24, 2.45) is 5.73 Å². The number of rotatable bonds is 7. The van der Waals surface area contributed by atoms with Gasteiger partial charge in [0.25, 0.3) is 0 Å². The highest BCUT2D eigenvalue weighted by atomic mass is 35.5. The van der Waals surface area contributed by atoms with E-state index in [1.165, 1.54) is 0 Å². The number of benzene rings is 1. The Hall–Kier alpha value is -2.54. The molecule has 1 aromatic carbocycles. The van der Waals surface area contributed by atoms with Gasteiger partial charge in [0.1, 0.15) is 11.3 Å². The Morgan fingerprint density at radius 1 is 1.23 bits per heavy atom. The predicted molar refractivity (Wildman–Crippen MR) is 110 cm³/mol. The minimum absolute atomic E-state index is 0. The van der Waals surface area contributed by atoms with Crippen molar-refractivity contribution in [1.29, 1.82) is 5.41 Å². The Balaban J connectivity index is 0.00000243. The molecule has 0 fully saturated rings. The monoisotopic (exact) mass is 375 g/mol. The highest BCUT2D eigenvalue weighted by Crippen LogP contribution is 2.29. The number of aromatic nitrogens is 3. The lowest BCUT2D eigenvalue weighted by molar-refractivity contribution is 0.588. The fourth-order valence-corrected chi connectivity index (χ4v) is 3.18. The number of nitrogens with zero attached hydrogens (tertiary/aromatic N) is 3. The molecular formula is C18H26ClN7. The maximum absolute atomic E-state index is 7.21. The molecule has 140 valence electrons. The molecule has 0 amide bonds. The van der Waals surface area contributed by atoms with Crippen molar-refractivity contribution in [3.63, 3.8) is 0 Å². The van der Waals surface area contributed by atoms with Crippen LogP contribution in [0.3, 0.4) is 0 Å². The van der Waals surface area contributed by atoms with E-state index in [1.54, 1.807) is 0 Å². The number of imidazole rings is 1. The van der Waals surface area contributed by atoms with Crippen LogP contribution in [0.4, 0.5) is 5.82 Å². The fourth-order valence-electron chi connectivity index (χ4n) is 3.18. The van der Waals surface area contributed by atoms with Gasteiger partial charge >= 0.3 is 0 Å². The first-order valence-electron chi connectivity index (χ1n) is 8.73. The van der Waals surface area contributed by atoms with Gasteiger partial charge in [-0.05, 0) is 25.3 Å². The highest BCUT2D eigenvalue weighted by molar-refractivity contribution is 6.06. The number of aryl methyl sites for hydroxylation is 2. The second-order valence-corrected chi connectivity index (χ2v) is 6.19. The van der Waals surface area contributed by atoms with Crippen molar-refractivity contribution in [3.05, 3.63) is 30.1 Å². The lowest BCUT2D eigenvalue weighted by Crippen LogP contribution is -2.31. The summed E-state index contributed by atoms with van der Waals surface area (Å²) in [7, 11) is 0. The summed E-state index contributed by atoms with van der Waals surface area (Å²) in [5.41, 5.74) is 14.3. The molecule has 0 spiro atoms. The summed E-state index contributed by atoms with van der Waals surface area (Å²) in [6, 6.07) is 8.06. The molecule has 8 heteroatoms. The van der Waals surface area contributed by atoms with Crippen molar-refractivity contribution >= 4 is 46.1 Å². The lowest BCUT2D eigenvalue weighted by atomic mass is 10.2. The van der Waals surface area contributed by atoms with Gasteiger partial charge in [0, 0.05) is 24.9 Å². The van der Waals surface area contributed by atoms with Gasteiger partial charge in [0.15, 0.2) is 11.8 Å². The van der Waals surface area contributed by atoms with E-state index in [0.717, 1.165) is 60.0 Å². The molecule has 0 aliphatic rings. The average molecular weight is 376 g/mol. The Morgan fingerprint density at radius 2 is 2.00 bits per heavy atom. The summed E-state index contributed by atoms with van der Waals surface area (Å²) in [6.07, 6.45) is 3.84. The van der Waals surface area contributed by atoms with Gasteiger partial charge < -0.3 is 21.4 Å². The molecule has 0 bridgehead atoms. The number of pyridine rings is 1. The van der Waals surface area contributed by atoms with Crippen LogP contribution in [0.5, 0.6) is 0 Å². The molecule has 0 unspecified atom stereocenters. The van der Waals surface area contributed by atoms with Gasteiger partial charge in [-0.1, -0.05) is 25.1 Å². The molecule has 2 heterocycles. The summed E-state index contributed by atoms with van der Waals surface area (Å²) in [6.45, 7) is 3.72. The topological polar surface area (TPSA) is 119 Å². The molecule has 3 rings (SSSR count). The van der Waals surface area contributed by atoms with E-state index in [1.807, 2.05) is 18.2 Å². The fraction of sp³-hybridized carbons (Fsp3) is 0.389. The zero-order valence-corrected chi connectivity index (χ0v) is 15.8. The second-order valence-electron chi connectivity index (χ2n) is 6.19. The number of halogens is 1. The number of unbranched alkanes of at least 4 members (excludes halogenated alkanes) is 1. The third-order valence-electron chi connectivity index (χ3n) is 4.29. The van der Waals surface area contributed by atoms with Crippen LogP contribution in [-0.2, 0) is 13.0 Å². The molecular weight excluding hydrogens is 350 g/mol. The normalized spacial score (nSPS) is 10.8. The largest absolute Gasteiger partial charge is 0.382 e. The number of para-hydroxylation sites is 1. The molecule has 0 saturated carbocycles. The summed E-state index contributed by atoms with van der Waals surface area (Å²) >= 11 is 0. The third-order valence-corrected chi connectivity index (χ3v) is 4.29. The molecule has 3 aromatic rings. The molecule has 0 radical (unpaired) electrons. The van der Waals surface area contributed by atoms with Gasteiger partial charge in [0.05, 0.1) is 11.0 Å². The summed E-state index contributed by atoms with van der Waals surface area (Å²) in [4.78, 5) is 9.29. The quantitative estimate of drug-likeness (QED) is 0.287. The Bertz CT molecular complexity index is 903. The van der Waals surface area contributed by atoms with E-state index < -0.39 is 0 Å². The molecule has 6 N–H and O–H groups in total. The first-order valence-corrected chi connectivity index (χ1v) is 8.73.